The van der Waals surface area contributed by atoms with Crippen molar-refractivity contribution in [3.63, 3.8) is 0 Å². The van der Waals surface area contributed by atoms with Gasteiger partial charge in [0.25, 0.3) is 0 Å². The molecule has 0 fully saturated rings. The van der Waals surface area contributed by atoms with Gasteiger partial charge in [0.2, 0.25) is 11.8 Å². The standard InChI is InChI=1S/C21H21N5OS/c1-13-5-8-17(9-6-13)20-24-23-19(27-20)16(4)28-21-25-22-12-26(21)18-10-7-14(2)11-15(18)3/h5-12,16H,1-4H3. The molecule has 1 atom stereocenters. The Hall–Kier alpha value is -2.93. The summed E-state index contributed by atoms with van der Waals surface area (Å²) in [5.41, 5.74) is 5.58. The van der Waals surface area contributed by atoms with E-state index >= 15 is 0 Å². The molecule has 142 valence electrons. The Morgan fingerprint density at radius 3 is 2.43 bits per heavy atom. The predicted molar refractivity (Wildman–Crippen MR) is 110 cm³/mol. The lowest BCUT2D eigenvalue weighted by atomic mass is 10.1. The number of benzene rings is 2. The number of nitrogens with zero attached hydrogens (tertiary/aromatic N) is 5. The second-order valence-electron chi connectivity index (χ2n) is 6.85. The summed E-state index contributed by atoms with van der Waals surface area (Å²) in [6.07, 6.45) is 1.73. The van der Waals surface area contributed by atoms with Gasteiger partial charge in [-0.25, -0.2) is 0 Å². The van der Waals surface area contributed by atoms with Crippen LogP contribution in [0, 0.1) is 20.8 Å². The molecular formula is C21H21N5OS. The number of hydrogen-bond acceptors (Lipinski definition) is 6. The molecule has 1 unspecified atom stereocenters. The number of aromatic nitrogens is 5. The van der Waals surface area contributed by atoms with Crippen molar-refractivity contribution in [3.05, 3.63) is 71.4 Å². The molecule has 2 heterocycles. The zero-order valence-corrected chi connectivity index (χ0v) is 17.1. The first-order chi connectivity index (χ1) is 13.5. The van der Waals surface area contributed by atoms with Crippen molar-refractivity contribution in [2.24, 2.45) is 0 Å². The molecule has 0 radical (unpaired) electrons. The van der Waals surface area contributed by atoms with Crippen molar-refractivity contribution in [2.45, 2.75) is 38.1 Å². The third kappa shape index (κ3) is 3.71. The summed E-state index contributed by atoms with van der Waals surface area (Å²) in [6.45, 7) is 8.25. The first-order valence-electron chi connectivity index (χ1n) is 9.06. The molecule has 0 saturated heterocycles. The van der Waals surface area contributed by atoms with Crippen LogP contribution in [0.1, 0.15) is 34.8 Å². The third-order valence-corrected chi connectivity index (χ3v) is 5.54. The number of thioether (sulfide) groups is 1. The summed E-state index contributed by atoms with van der Waals surface area (Å²) < 4.78 is 7.90. The maximum atomic E-state index is 5.90. The largest absolute Gasteiger partial charge is 0.419 e. The summed E-state index contributed by atoms with van der Waals surface area (Å²) in [6, 6.07) is 14.4. The molecule has 0 N–H and O–H groups in total. The molecule has 0 aliphatic carbocycles. The lowest BCUT2D eigenvalue weighted by Gasteiger charge is -2.11. The monoisotopic (exact) mass is 391 g/mol. The van der Waals surface area contributed by atoms with Crippen LogP contribution in [0.2, 0.25) is 0 Å². The minimum Gasteiger partial charge on any atom is -0.419 e. The molecule has 6 nitrogen and oxygen atoms in total. The zero-order valence-electron chi connectivity index (χ0n) is 16.2. The molecule has 0 amide bonds. The maximum absolute atomic E-state index is 5.90. The number of aryl methyl sites for hydroxylation is 3. The van der Waals surface area contributed by atoms with Crippen molar-refractivity contribution >= 4 is 11.8 Å². The topological polar surface area (TPSA) is 69.6 Å². The normalized spacial score (nSPS) is 12.3. The van der Waals surface area contributed by atoms with Crippen LogP contribution in [0.3, 0.4) is 0 Å². The third-order valence-electron chi connectivity index (χ3n) is 4.50. The second kappa shape index (κ2) is 7.59. The average Bonchev–Trinajstić information content (AvgIpc) is 3.32. The van der Waals surface area contributed by atoms with E-state index in [1.807, 2.05) is 42.7 Å². The van der Waals surface area contributed by atoms with E-state index in [4.69, 9.17) is 4.42 Å². The smallest absolute Gasteiger partial charge is 0.247 e. The Bertz CT molecular complexity index is 1100. The van der Waals surface area contributed by atoms with Crippen molar-refractivity contribution in [1.29, 1.82) is 0 Å². The Morgan fingerprint density at radius 1 is 0.929 bits per heavy atom. The fraction of sp³-hybridized carbons (Fsp3) is 0.238. The van der Waals surface area contributed by atoms with Gasteiger partial charge in [-0.1, -0.05) is 47.2 Å². The van der Waals surface area contributed by atoms with E-state index in [0.717, 1.165) is 16.4 Å². The first-order valence-corrected chi connectivity index (χ1v) is 9.94. The van der Waals surface area contributed by atoms with E-state index in [2.05, 4.69) is 52.4 Å². The Morgan fingerprint density at radius 2 is 1.68 bits per heavy atom. The molecular weight excluding hydrogens is 370 g/mol. The summed E-state index contributed by atoms with van der Waals surface area (Å²) in [7, 11) is 0. The van der Waals surface area contributed by atoms with Crippen molar-refractivity contribution in [1.82, 2.24) is 25.0 Å². The van der Waals surface area contributed by atoms with Gasteiger partial charge in [-0.3, -0.25) is 4.57 Å². The SMILES string of the molecule is Cc1ccc(-c2nnc(C(C)Sc3nncn3-c3ccc(C)cc3C)o2)cc1. The first kappa shape index (κ1) is 18.4. The van der Waals surface area contributed by atoms with Gasteiger partial charge in [-0.15, -0.1) is 20.4 Å². The molecule has 7 heteroatoms. The summed E-state index contributed by atoms with van der Waals surface area (Å²) >= 11 is 1.54. The number of rotatable bonds is 5. The highest BCUT2D eigenvalue weighted by Gasteiger charge is 2.20. The van der Waals surface area contributed by atoms with E-state index in [1.165, 1.54) is 16.7 Å². The Labute approximate surface area is 168 Å². The highest BCUT2D eigenvalue weighted by molar-refractivity contribution is 7.99. The molecule has 4 aromatic rings. The minimum absolute atomic E-state index is 0.0552. The summed E-state index contributed by atoms with van der Waals surface area (Å²) in [4.78, 5) is 0. The minimum atomic E-state index is -0.0552. The lowest BCUT2D eigenvalue weighted by Crippen LogP contribution is -2.00. The van der Waals surface area contributed by atoms with E-state index < -0.39 is 0 Å². The maximum Gasteiger partial charge on any atom is 0.247 e. The fourth-order valence-corrected chi connectivity index (χ4v) is 3.83. The summed E-state index contributed by atoms with van der Waals surface area (Å²) in [5, 5.41) is 17.5. The molecule has 2 aromatic carbocycles. The number of hydrogen-bond donors (Lipinski definition) is 0. The van der Waals surface area contributed by atoms with Crippen LogP contribution >= 0.6 is 11.8 Å². The van der Waals surface area contributed by atoms with Crippen LogP contribution < -0.4 is 0 Å². The average molecular weight is 392 g/mol. The van der Waals surface area contributed by atoms with Crippen LogP contribution in [0.4, 0.5) is 0 Å². The van der Waals surface area contributed by atoms with Gasteiger partial charge in [0.15, 0.2) is 5.16 Å². The molecule has 0 saturated carbocycles. The van der Waals surface area contributed by atoms with Gasteiger partial charge >= 0.3 is 0 Å². The zero-order chi connectivity index (χ0) is 19.7. The molecule has 0 bridgehead atoms. The molecule has 0 spiro atoms. The summed E-state index contributed by atoms with van der Waals surface area (Å²) in [5.74, 6) is 1.09. The van der Waals surface area contributed by atoms with Gasteiger partial charge in [0, 0.05) is 5.56 Å². The van der Waals surface area contributed by atoms with Crippen LogP contribution in [-0.4, -0.2) is 25.0 Å². The van der Waals surface area contributed by atoms with Crippen LogP contribution in [0.15, 0.2) is 58.4 Å². The Balaban J connectivity index is 1.56. The van der Waals surface area contributed by atoms with Crippen LogP contribution in [-0.2, 0) is 0 Å². The van der Waals surface area contributed by atoms with E-state index in [9.17, 15) is 0 Å². The predicted octanol–water partition coefficient (Wildman–Crippen LogP) is 5.10. The quantitative estimate of drug-likeness (QED) is 0.441. The van der Waals surface area contributed by atoms with E-state index in [-0.39, 0.29) is 5.25 Å². The molecule has 4 rings (SSSR count). The van der Waals surface area contributed by atoms with Gasteiger partial charge in [-0.2, -0.15) is 0 Å². The van der Waals surface area contributed by atoms with Gasteiger partial charge < -0.3 is 4.42 Å². The molecule has 2 aromatic heterocycles. The van der Waals surface area contributed by atoms with Crippen LogP contribution in [0.5, 0.6) is 0 Å². The Kier molecular flexibility index (Phi) is 5.00. The van der Waals surface area contributed by atoms with Gasteiger partial charge in [0.1, 0.15) is 6.33 Å². The lowest BCUT2D eigenvalue weighted by molar-refractivity contribution is 0.509. The van der Waals surface area contributed by atoms with Crippen molar-refractivity contribution < 1.29 is 4.42 Å². The van der Waals surface area contributed by atoms with Crippen molar-refractivity contribution in [2.75, 3.05) is 0 Å². The van der Waals surface area contributed by atoms with Gasteiger partial charge in [0.05, 0.1) is 10.9 Å². The van der Waals surface area contributed by atoms with Gasteiger partial charge in [-0.05, 0) is 51.5 Å². The molecule has 28 heavy (non-hydrogen) atoms. The molecule has 0 aliphatic heterocycles. The van der Waals surface area contributed by atoms with E-state index in [1.54, 1.807) is 18.1 Å². The van der Waals surface area contributed by atoms with Crippen molar-refractivity contribution in [3.8, 4) is 17.1 Å². The second-order valence-corrected chi connectivity index (χ2v) is 8.15. The fourth-order valence-electron chi connectivity index (χ4n) is 2.97. The highest BCUT2D eigenvalue weighted by atomic mass is 32.2. The van der Waals surface area contributed by atoms with E-state index in [0.29, 0.717) is 11.8 Å². The van der Waals surface area contributed by atoms with Crippen LogP contribution in [0.25, 0.3) is 17.1 Å². The molecule has 0 aliphatic rings. The highest BCUT2D eigenvalue weighted by Crippen LogP contribution is 2.35.